The number of ether oxygens (including phenoxy) is 2. The van der Waals surface area contributed by atoms with Crippen molar-refractivity contribution >= 4 is 5.97 Å². The van der Waals surface area contributed by atoms with Gasteiger partial charge in [0.2, 0.25) is 0 Å². The topological polar surface area (TPSA) is 38.8 Å². The number of carbonyl (C=O) groups excluding carboxylic acids is 1. The molecule has 0 aromatic rings. The SMILES string of the molecule is O=C(CN1CCCCC1)OCC1CCCO1. The molecule has 1 unspecified atom stereocenters. The molecule has 0 spiro atoms. The summed E-state index contributed by atoms with van der Waals surface area (Å²) in [5, 5.41) is 0. The zero-order valence-electron chi connectivity index (χ0n) is 9.82. The van der Waals surface area contributed by atoms with Crippen molar-refractivity contribution in [3.63, 3.8) is 0 Å². The lowest BCUT2D eigenvalue weighted by Gasteiger charge is -2.25. The average Bonchev–Trinajstić information content (AvgIpc) is 2.81. The van der Waals surface area contributed by atoms with Crippen LogP contribution < -0.4 is 0 Å². The number of rotatable bonds is 4. The molecule has 0 aromatic carbocycles. The van der Waals surface area contributed by atoms with Crippen molar-refractivity contribution in [2.75, 3.05) is 32.8 Å². The third-order valence-electron chi connectivity index (χ3n) is 3.26. The van der Waals surface area contributed by atoms with Gasteiger partial charge in [-0.3, -0.25) is 9.69 Å². The molecule has 0 bridgehead atoms. The summed E-state index contributed by atoms with van der Waals surface area (Å²) in [6.45, 7) is 3.78. The Morgan fingerprint density at radius 2 is 2.06 bits per heavy atom. The molecule has 0 aromatic heterocycles. The van der Waals surface area contributed by atoms with Gasteiger partial charge in [0.25, 0.3) is 0 Å². The lowest BCUT2D eigenvalue weighted by molar-refractivity contribution is -0.148. The van der Waals surface area contributed by atoms with Gasteiger partial charge in [-0.05, 0) is 38.8 Å². The van der Waals surface area contributed by atoms with Crippen molar-refractivity contribution < 1.29 is 14.3 Å². The van der Waals surface area contributed by atoms with Crippen molar-refractivity contribution in [2.45, 2.75) is 38.2 Å². The molecule has 2 aliphatic rings. The summed E-state index contributed by atoms with van der Waals surface area (Å²) in [7, 11) is 0. The van der Waals surface area contributed by atoms with Crippen LogP contribution in [0, 0.1) is 0 Å². The Balaban J connectivity index is 1.59. The fourth-order valence-electron chi connectivity index (χ4n) is 2.31. The first kappa shape index (κ1) is 11.9. The second kappa shape index (κ2) is 6.21. The Morgan fingerprint density at radius 1 is 1.25 bits per heavy atom. The van der Waals surface area contributed by atoms with Gasteiger partial charge < -0.3 is 9.47 Å². The summed E-state index contributed by atoms with van der Waals surface area (Å²) in [6, 6.07) is 0. The van der Waals surface area contributed by atoms with Crippen molar-refractivity contribution in [1.29, 1.82) is 0 Å². The molecule has 0 N–H and O–H groups in total. The van der Waals surface area contributed by atoms with Crippen LogP contribution in [0.5, 0.6) is 0 Å². The van der Waals surface area contributed by atoms with E-state index >= 15 is 0 Å². The van der Waals surface area contributed by atoms with Crippen molar-refractivity contribution in [1.82, 2.24) is 4.90 Å². The van der Waals surface area contributed by atoms with Crippen LogP contribution in [0.4, 0.5) is 0 Å². The first-order valence-electron chi connectivity index (χ1n) is 6.34. The molecule has 2 aliphatic heterocycles. The number of likely N-dealkylation sites (tertiary alicyclic amines) is 1. The summed E-state index contributed by atoms with van der Waals surface area (Å²) in [5.41, 5.74) is 0. The molecule has 16 heavy (non-hydrogen) atoms. The van der Waals surface area contributed by atoms with E-state index in [0.717, 1.165) is 32.5 Å². The summed E-state index contributed by atoms with van der Waals surface area (Å²) >= 11 is 0. The van der Waals surface area contributed by atoms with Crippen LogP contribution in [-0.4, -0.2) is 49.8 Å². The highest BCUT2D eigenvalue weighted by molar-refractivity contribution is 5.71. The molecule has 0 amide bonds. The highest BCUT2D eigenvalue weighted by atomic mass is 16.6. The molecular weight excluding hydrogens is 206 g/mol. The van der Waals surface area contributed by atoms with Crippen LogP contribution in [0.3, 0.4) is 0 Å². The van der Waals surface area contributed by atoms with Gasteiger partial charge in [-0.2, -0.15) is 0 Å². The molecular formula is C12H21NO3. The third-order valence-corrected chi connectivity index (χ3v) is 3.26. The van der Waals surface area contributed by atoms with Gasteiger partial charge in [-0.15, -0.1) is 0 Å². The number of esters is 1. The minimum atomic E-state index is -0.0996. The lowest BCUT2D eigenvalue weighted by atomic mass is 10.1. The Labute approximate surface area is 96.9 Å². The lowest BCUT2D eigenvalue weighted by Crippen LogP contribution is -2.36. The third kappa shape index (κ3) is 3.76. The standard InChI is InChI=1S/C12H21NO3/c14-12(9-13-6-2-1-3-7-13)16-10-11-5-4-8-15-11/h11H,1-10H2. The van der Waals surface area contributed by atoms with Gasteiger partial charge in [0, 0.05) is 6.61 Å². The number of nitrogens with zero attached hydrogens (tertiary/aromatic N) is 1. The molecule has 2 heterocycles. The second-order valence-electron chi connectivity index (χ2n) is 4.65. The first-order chi connectivity index (χ1) is 7.84. The summed E-state index contributed by atoms with van der Waals surface area (Å²) in [5.74, 6) is -0.0996. The van der Waals surface area contributed by atoms with E-state index in [1.165, 1.54) is 19.3 Å². The summed E-state index contributed by atoms with van der Waals surface area (Å²) in [6.07, 6.45) is 5.97. The monoisotopic (exact) mass is 227 g/mol. The minimum absolute atomic E-state index is 0.0996. The second-order valence-corrected chi connectivity index (χ2v) is 4.65. The zero-order chi connectivity index (χ0) is 11.2. The molecule has 0 saturated carbocycles. The molecule has 4 heteroatoms. The predicted molar refractivity (Wildman–Crippen MR) is 60.2 cm³/mol. The van der Waals surface area contributed by atoms with Crippen LogP contribution >= 0.6 is 0 Å². The molecule has 2 fully saturated rings. The van der Waals surface area contributed by atoms with Crippen molar-refractivity contribution in [3.05, 3.63) is 0 Å². The quantitative estimate of drug-likeness (QED) is 0.676. The van der Waals surface area contributed by atoms with E-state index in [0.29, 0.717) is 13.2 Å². The predicted octanol–water partition coefficient (Wildman–Crippen LogP) is 1.19. The fourth-order valence-corrected chi connectivity index (χ4v) is 2.31. The average molecular weight is 227 g/mol. The molecule has 4 nitrogen and oxygen atoms in total. The smallest absolute Gasteiger partial charge is 0.320 e. The number of piperidine rings is 1. The Morgan fingerprint density at radius 3 is 2.75 bits per heavy atom. The van der Waals surface area contributed by atoms with E-state index in [1.807, 2.05) is 0 Å². The van der Waals surface area contributed by atoms with Gasteiger partial charge >= 0.3 is 5.97 Å². The molecule has 2 saturated heterocycles. The van der Waals surface area contributed by atoms with Gasteiger partial charge in [0.05, 0.1) is 12.6 Å². The van der Waals surface area contributed by atoms with E-state index < -0.39 is 0 Å². The first-order valence-corrected chi connectivity index (χ1v) is 6.34. The van der Waals surface area contributed by atoms with Crippen LogP contribution in [0.2, 0.25) is 0 Å². The summed E-state index contributed by atoms with van der Waals surface area (Å²) < 4.78 is 10.6. The maximum Gasteiger partial charge on any atom is 0.320 e. The maximum absolute atomic E-state index is 11.5. The van der Waals surface area contributed by atoms with Gasteiger partial charge in [0.1, 0.15) is 6.61 Å². The van der Waals surface area contributed by atoms with Gasteiger partial charge in [0.15, 0.2) is 0 Å². The molecule has 92 valence electrons. The largest absolute Gasteiger partial charge is 0.462 e. The summed E-state index contributed by atoms with van der Waals surface area (Å²) in [4.78, 5) is 13.7. The Kier molecular flexibility index (Phi) is 4.60. The van der Waals surface area contributed by atoms with Crippen LogP contribution in [-0.2, 0) is 14.3 Å². The number of hydrogen-bond donors (Lipinski definition) is 0. The zero-order valence-corrected chi connectivity index (χ0v) is 9.82. The Hall–Kier alpha value is -0.610. The van der Waals surface area contributed by atoms with Crippen LogP contribution in [0.15, 0.2) is 0 Å². The van der Waals surface area contributed by atoms with E-state index in [9.17, 15) is 4.79 Å². The fraction of sp³-hybridized carbons (Fsp3) is 0.917. The maximum atomic E-state index is 11.5. The van der Waals surface area contributed by atoms with Crippen LogP contribution in [0.1, 0.15) is 32.1 Å². The normalized spacial score (nSPS) is 26.9. The molecule has 0 aliphatic carbocycles. The van der Waals surface area contributed by atoms with Gasteiger partial charge in [-0.1, -0.05) is 6.42 Å². The number of hydrogen-bond acceptors (Lipinski definition) is 4. The molecule has 0 radical (unpaired) electrons. The van der Waals surface area contributed by atoms with Crippen molar-refractivity contribution in [2.24, 2.45) is 0 Å². The molecule has 1 atom stereocenters. The van der Waals surface area contributed by atoms with E-state index in [1.54, 1.807) is 0 Å². The van der Waals surface area contributed by atoms with Crippen molar-refractivity contribution in [3.8, 4) is 0 Å². The van der Waals surface area contributed by atoms with E-state index in [-0.39, 0.29) is 12.1 Å². The Bertz CT molecular complexity index is 220. The number of carbonyl (C=O) groups is 1. The highest BCUT2D eigenvalue weighted by Gasteiger charge is 2.19. The van der Waals surface area contributed by atoms with Crippen LogP contribution in [0.25, 0.3) is 0 Å². The van der Waals surface area contributed by atoms with Gasteiger partial charge in [-0.25, -0.2) is 0 Å². The van der Waals surface area contributed by atoms with E-state index in [4.69, 9.17) is 9.47 Å². The molecule has 2 rings (SSSR count). The van der Waals surface area contributed by atoms with E-state index in [2.05, 4.69) is 4.90 Å². The highest BCUT2D eigenvalue weighted by Crippen LogP contribution is 2.12. The minimum Gasteiger partial charge on any atom is -0.462 e.